The largest absolute Gasteiger partial charge is 0.303 e. The van der Waals surface area contributed by atoms with Gasteiger partial charge in [-0.2, -0.15) is 0 Å². The molecule has 1 aromatic rings. The number of aldehydes is 1. The Hall–Kier alpha value is -1.12. The third kappa shape index (κ3) is 4.81. The van der Waals surface area contributed by atoms with Gasteiger partial charge in [-0.15, -0.1) is 0 Å². The van der Waals surface area contributed by atoms with Gasteiger partial charge in [0.25, 0.3) is 0 Å². The van der Waals surface area contributed by atoms with Crippen LogP contribution in [0.15, 0.2) is 23.8 Å². The molecule has 0 heterocycles. The van der Waals surface area contributed by atoms with E-state index in [2.05, 4.69) is 0 Å². The highest BCUT2D eigenvalue weighted by molar-refractivity contribution is 6.42. The molecule has 0 spiro atoms. The van der Waals surface area contributed by atoms with Crippen LogP contribution in [0.4, 0.5) is 0 Å². The zero-order valence-electron chi connectivity index (χ0n) is 10.8. The zero-order valence-corrected chi connectivity index (χ0v) is 12.3. The molecule has 0 N–H and O–H groups in total. The Kier molecular flexibility index (Phi) is 6.82. The van der Waals surface area contributed by atoms with E-state index in [0.29, 0.717) is 41.3 Å². The number of unbranched alkanes of at least 4 members (excludes halogenated alkanes) is 1. The Morgan fingerprint density at radius 1 is 1.32 bits per heavy atom. The molecular weight excluding hydrogens is 283 g/mol. The van der Waals surface area contributed by atoms with Crippen molar-refractivity contribution in [3.8, 4) is 0 Å². The van der Waals surface area contributed by atoms with Gasteiger partial charge in [-0.05, 0) is 36.1 Å². The van der Waals surface area contributed by atoms with Crippen molar-refractivity contribution >= 4 is 41.3 Å². The van der Waals surface area contributed by atoms with Crippen LogP contribution in [-0.2, 0) is 9.59 Å². The van der Waals surface area contributed by atoms with Crippen molar-refractivity contribution in [2.75, 3.05) is 0 Å². The molecule has 0 saturated carbocycles. The quantitative estimate of drug-likeness (QED) is 0.414. The molecule has 0 radical (unpaired) electrons. The summed E-state index contributed by atoms with van der Waals surface area (Å²) >= 11 is 12.0. The molecule has 0 fully saturated rings. The van der Waals surface area contributed by atoms with Gasteiger partial charge in [0, 0.05) is 12.8 Å². The Bertz CT molecular complexity index is 493. The molecule has 0 saturated heterocycles. The summed E-state index contributed by atoms with van der Waals surface area (Å²) in [6, 6.07) is 5.32. The highest BCUT2D eigenvalue weighted by Gasteiger charge is 2.09. The van der Waals surface area contributed by atoms with E-state index in [1.165, 1.54) is 0 Å². The average molecular weight is 299 g/mol. The molecule has 102 valence electrons. The Labute approximate surface area is 123 Å². The Morgan fingerprint density at radius 3 is 2.68 bits per heavy atom. The number of Topliss-reactive ketones (excluding diaryl/α,β-unsaturated/α-hetero) is 1. The first-order valence-corrected chi connectivity index (χ1v) is 6.97. The van der Waals surface area contributed by atoms with Crippen LogP contribution in [0.5, 0.6) is 0 Å². The smallest absolute Gasteiger partial charge is 0.158 e. The second kappa shape index (κ2) is 8.13. The molecule has 0 aliphatic rings. The number of carbonyl (C=O) groups excluding carboxylic acids is 2. The van der Waals surface area contributed by atoms with Crippen LogP contribution in [0.2, 0.25) is 10.0 Å². The fourth-order valence-corrected chi connectivity index (χ4v) is 2.07. The van der Waals surface area contributed by atoms with E-state index in [4.69, 9.17) is 23.2 Å². The first kappa shape index (κ1) is 15.9. The van der Waals surface area contributed by atoms with Gasteiger partial charge in [-0.1, -0.05) is 42.3 Å². The topological polar surface area (TPSA) is 34.1 Å². The molecular formula is C15H16Cl2O2. The van der Waals surface area contributed by atoms with E-state index in [1.807, 2.05) is 13.0 Å². The first-order chi connectivity index (χ1) is 9.10. The van der Waals surface area contributed by atoms with E-state index in [1.54, 1.807) is 18.2 Å². The van der Waals surface area contributed by atoms with Crippen LogP contribution in [-0.4, -0.2) is 12.1 Å². The van der Waals surface area contributed by atoms with E-state index < -0.39 is 0 Å². The second-order valence-electron chi connectivity index (χ2n) is 4.15. The molecule has 19 heavy (non-hydrogen) atoms. The number of carbonyl (C=O) groups is 2. The molecule has 0 aliphatic carbocycles. The van der Waals surface area contributed by atoms with Crippen molar-refractivity contribution in [2.45, 2.75) is 32.6 Å². The fourth-order valence-electron chi connectivity index (χ4n) is 1.71. The third-order valence-corrected chi connectivity index (χ3v) is 3.61. The van der Waals surface area contributed by atoms with E-state index in [-0.39, 0.29) is 5.78 Å². The van der Waals surface area contributed by atoms with E-state index in [0.717, 1.165) is 11.8 Å². The van der Waals surface area contributed by atoms with Gasteiger partial charge in [-0.3, -0.25) is 4.79 Å². The summed E-state index contributed by atoms with van der Waals surface area (Å²) in [6.45, 7) is 1.92. The summed E-state index contributed by atoms with van der Waals surface area (Å²) in [5, 5.41) is 0.926. The minimum Gasteiger partial charge on any atom is -0.303 e. The van der Waals surface area contributed by atoms with Crippen LogP contribution in [0.1, 0.15) is 38.2 Å². The fraction of sp³-hybridized carbons (Fsp3) is 0.333. The van der Waals surface area contributed by atoms with Gasteiger partial charge >= 0.3 is 0 Å². The minimum atomic E-state index is 0.0559. The maximum atomic E-state index is 12.0. The SMILES string of the molecule is CCC(=Cc1cccc(Cl)c1Cl)C(=O)CCCC=O. The highest BCUT2D eigenvalue weighted by atomic mass is 35.5. The summed E-state index contributed by atoms with van der Waals surface area (Å²) in [5.41, 5.74) is 1.45. The zero-order chi connectivity index (χ0) is 14.3. The van der Waals surface area contributed by atoms with Gasteiger partial charge in [0.2, 0.25) is 0 Å². The van der Waals surface area contributed by atoms with Crippen LogP contribution >= 0.6 is 23.2 Å². The minimum absolute atomic E-state index is 0.0559. The Morgan fingerprint density at radius 2 is 2.05 bits per heavy atom. The van der Waals surface area contributed by atoms with Gasteiger partial charge in [0.15, 0.2) is 5.78 Å². The van der Waals surface area contributed by atoms with Crippen LogP contribution in [0.25, 0.3) is 6.08 Å². The van der Waals surface area contributed by atoms with Crippen molar-refractivity contribution < 1.29 is 9.59 Å². The lowest BCUT2D eigenvalue weighted by atomic mass is 10.0. The Balaban J connectivity index is 2.89. The molecule has 0 aromatic heterocycles. The molecule has 0 bridgehead atoms. The third-order valence-electron chi connectivity index (χ3n) is 2.78. The van der Waals surface area contributed by atoms with Gasteiger partial charge in [0.1, 0.15) is 6.29 Å². The molecule has 4 heteroatoms. The summed E-state index contributed by atoms with van der Waals surface area (Å²) in [6.07, 6.45) is 4.62. The van der Waals surface area contributed by atoms with Gasteiger partial charge in [0.05, 0.1) is 10.0 Å². The van der Waals surface area contributed by atoms with Gasteiger partial charge < -0.3 is 4.79 Å². The molecule has 1 rings (SSSR count). The van der Waals surface area contributed by atoms with Crippen LogP contribution in [0.3, 0.4) is 0 Å². The van der Waals surface area contributed by atoms with Crippen molar-refractivity contribution in [2.24, 2.45) is 0 Å². The van der Waals surface area contributed by atoms with E-state index >= 15 is 0 Å². The first-order valence-electron chi connectivity index (χ1n) is 6.21. The van der Waals surface area contributed by atoms with E-state index in [9.17, 15) is 9.59 Å². The monoisotopic (exact) mass is 298 g/mol. The highest BCUT2D eigenvalue weighted by Crippen LogP contribution is 2.28. The van der Waals surface area contributed by atoms with Gasteiger partial charge in [-0.25, -0.2) is 0 Å². The number of benzene rings is 1. The number of rotatable bonds is 7. The summed E-state index contributed by atoms with van der Waals surface area (Å²) in [5.74, 6) is 0.0559. The number of hydrogen-bond donors (Lipinski definition) is 0. The maximum absolute atomic E-state index is 12.0. The predicted octanol–water partition coefficient (Wildman–Crippen LogP) is 4.73. The molecule has 2 nitrogen and oxygen atoms in total. The lowest BCUT2D eigenvalue weighted by Crippen LogP contribution is -2.02. The molecule has 0 atom stereocenters. The second-order valence-corrected chi connectivity index (χ2v) is 4.93. The molecule has 0 unspecified atom stereocenters. The average Bonchev–Trinajstić information content (AvgIpc) is 2.40. The number of halogens is 2. The summed E-state index contributed by atoms with van der Waals surface area (Å²) in [4.78, 5) is 22.2. The number of hydrogen-bond acceptors (Lipinski definition) is 2. The van der Waals surface area contributed by atoms with Crippen LogP contribution < -0.4 is 0 Å². The van der Waals surface area contributed by atoms with Crippen LogP contribution in [0, 0.1) is 0 Å². The van der Waals surface area contributed by atoms with Crippen molar-refractivity contribution in [1.82, 2.24) is 0 Å². The maximum Gasteiger partial charge on any atom is 0.158 e. The van der Waals surface area contributed by atoms with Crippen molar-refractivity contribution in [1.29, 1.82) is 0 Å². The predicted molar refractivity (Wildman–Crippen MR) is 79.7 cm³/mol. The molecule has 0 aliphatic heterocycles. The van der Waals surface area contributed by atoms with Crippen molar-refractivity contribution in [3.63, 3.8) is 0 Å². The van der Waals surface area contributed by atoms with Crippen molar-refractivity contribution in [3.05, 3.63) is 39.4 Å². The lowest BCUT2D eigenvalue weighted by Gasteiger charge is -2.05. The lowest BCUT2D eigenvalue weighted by molar-refractivity contribution is -0.115. The number of allylic oxidation sites excluding steroid dienone is 1. The number of ketones is 1. The molecule has 0 amide bonds. The normalized spacial score (nSPS) is 11.4. The summed E-state index contributed by atoms with van der Waals surface area (Å²) < 4.78 is 0. The summed E-state index contributed by atoms with van der Waals surface area (Å²) in [7, 11) is 0. The standard InChI is InChI=1S/C15H16Cl2O2/c1-2-11(14(19)8-3-4-9-18)10-12-6-5-7-13(16)15(12)17/h5-7,9-10H,2-4,8H2,1H3. The molecule has 1 aromatic carbocycles.